The van der Waals surface area contributed by atoms with Gasteiger partial charge in [-0.25, -0.2) is 0 Å². The van der Waals surface area contributed by atoms with E-state index in [-0.39, 0.29) is 5.70 Å². The lowest BCUT2D eigenvalue weighted by Gasteiger charge is -2.17. The number of aliphatic carboxylic acids is 1. The van der Waals surface area contributed by atoms with Crippen molar-refractivity contribution >= 4 is 35.5 Å². The Morgan fingerprint density at radius 3 is 2.23 bits per heavy atom. The van der Waals surface area contributed by atoms with E-state index < -0.39 is 23.8 Å². The van der Waals surface area contributed by atoms with Crippen molar-refractivity contribution in [3.63, 3.8) is 0 Å². The van der Waals surface area contributed by atoms with Gasteiger partial charge >= 0.3 is 0 Å². The number of halogens is 1. The molecule has 0 radical (unpaired) electrons. The minimum Gasteiger partial charge on any atom is -0.548 e. The second-order valence-electron chi connectivity index (χ2n) is 5.44. The number of nitrogens with one attached hydrogen (secondary N) is 2. The number of amides is 2. The molecule has 2 amide bonds. The van der Waals surface area contributed by atoms with Gasteiger partial charge in [-0.2, -0.15) is 0 Å². The summed E-state index contributed by atoms with van der Waals surface area (Å²) < 4.78 is 0. The number of benzene rings is 2. The van der Waals surface area contributed by atoms with E-state index in [4.69, 9.17) is 11.6 Å². The van der Waals surface area contributed by atoms with Crippen LogP contribution < -0.4 is 15.7 Å². The monoisotopic (exact) mass is 371 g/mol. The van der Waals surface area contributed by atoms with E-state index in [1.165, 1.54) is 13.0 Å². The van der Waals surface area contributed by atoms with Gasteiger partial charge in [0.05, 0.1) is 12.0 Å². The summed E-state index contributed by atoms with van der Waals surface area (Å²) in [6.07, 6.45) is 1.43. The third kappa shape index (κ3) is 5.46. The highest BCUT2D eigenvalue weighted by atomic mass is 35.5. The van der Waals surface area contributed by atoms with Crippen LogP contribution in [0.3, 0.4) is 0 Å². The molecule has 0 aliphatic heterocycles. The van der Waals surface area contributed by atoms with Crippen LogP contribution in [0.25, 0.3) is 6.08 Å². The molecule has 2 aromatic carbocycles. The largest absolute Gasteiger partial charge is 0.548 e. The normalized spacial score (nSPS) is 12.2. The molecule has 6 nitrogen and oxygen atoms in total. The lowest BCUT2D eigenvalue weighted by molar-refractivity contribution is -0.307. The van der Waals surface area contributed by atoms with Crippen LogP contribution in [0.4, 0.5) is 0 Å². The first kappa shape index (κ1) is 19.2. The maximum Gasteiger partial charge on any atom is 0.268 e. The predicted octanol–water partition coefficient (Wildman–Crippen LogP) is 1.37. The molecule has 0 fully saturated rings. The molecule has 2 N–H and O–H groups in total. The molecule has 2 aromatic rings. The first-order chi connectivity index (χ1) is 12.4. The third-order valence-corrected chi connectivity index (χ3v) is 3.66. The van der Waals surface area contributed by atoms with E-state index in [0.717, 1.165) is 0 Å². The van der Waals surface area contributed by atoms with Gasteiger partial charge < -0.3 is 20.5 Å². The maximum atomic E-state index is 12.4. The third-order valence-electron chi connectivity index (χ3n) is 3.41. The van der Waals surface area contributed by atoms with Gasteiger partial charge in [-0.1, -0.05) is 41.9 Å². The molecule has 26 heavy (non-hydrogen) atoms. The van der Waals surface area contributed by atoms with Crippen LogP contribution in [0.2, 0.25) is 5.02 Å². The van der Waals surface area contributed by atoms with E-state index >= 15 is 0 Å². The zero-order chi connectivity index (χ0) is 19.1. The molecule has 0 heterocycles. The van der Waals surface area contributed by atoms with Crippen molar-refractivity contribution in [2.24, 2.45) is 0 Å². The first-order valence-corrected chi connectivity index (χ1v) is 8.10. The molecule has 7 heteroatoms. The fourth-order valence-corrected chi connectivity index (χ4v) is 2.13. The Bertz CT molecular complexity index is 832. The minimum absolute atomic E-state index is 0.103. The average molecular weight is 372 g/mol. The number of hydrogen-bond donors (Lipinski definition) is 2. The molecule has 0 spiro atoms. The Morgan fingerprint density at radius 2 is 1.65 bits per heavy atom. The topological polar surface area (TPSA) is 98.3 Å². The summed E-state index contributed by atoms with van der Waals surface area (Å²) in [6, 6.07) is 13.7. The van der Waals surface area contributed by atoms with Gasteiger partial charge in [-0.05, 0) is 42.8 Å². The summed E-state index contributed by atoms with van der Waals surface area (Å²) in [4.78, 5) is 35.6. The van der Waals surface area contributed by atoms with Gasteiger partial charge in [-0.3, -0.25) is 9.59 Å². The number of carbonyl (C=O) groups excluding carboxylic acids is 3. The van der Waals surface area contributed by atoms with Crippen LogP contribution in [0.15, 0.2) is 60.3 Å². The summed E-state index contributed by atoms with van der Waals surface area (Å²) in [5.74, 6) is -2.68. The van der Waals surface area contributed by atoms with Crippen LogP contribution in [0, 0.1) is 0 Å². The van der Waals surface area contributed by atoms with E-state index in [2.05, 4.69) is 10.6 Å². The summed E-state index contributed by atoms with van der Waals surface area (Å²) in [7, 11) is 0. The van der Waals surface area contributed by atoms with Gasteiger partial charge in [0.15, 0.2) is 0 Å². The zero-order valence-corrected chi connectivity index (χ0v) is 14.6. The standard InChI is InChI=1S/C19H17ClN2O4/c1-12(19(25)26)21-18(24)16(11-13-7-9-15(20)10-8-13)22-17(23)14-5-3-2-4-6-14/h2-12H,1H3,(H,21,24)(H,22,23)(H,25,26)/p-1/b16-11+/t12-/m0/s1. The number of carbonyl (C=O) groups is 3. The molecule has 0 saturated carbocycles. The molecular formula is C19H16ClN2O4-. The summed E-state index contributed by atoms with van der Waals surface area (Å²) >= 11 is 5.84. The number of carboxylic acid groups (broad SMARTS) is 1. The SMILES string of the molecule is C[C@H](NC(=O)/C(=C\c1ccc(Cl)cc1)NC(=O)c1ccccc1)C(=O)[O-]. The van der Waals surface area contributed by atoms with Crippen LogP contribution in [0.1, 0.15) is 22.8 Å². The molecule has 0 unspecified atom stereocenters. The Balaban J connectivity index is 2.28. The second kappa shape index (κ2) is 8.82. The van der Waals surface area contributed by atoms with Crippen LogP contribution in [-0.2, 0) is 9.59 Å². The molecule has 134 valence electrons. The van der Waals surface area contributed by atoms with Crippen LogP contribution in [-0.4, -0.2) is 23.8 Å². The highest BCUT2D eigenvalue weighted by molar-refractivity contribution is 6.30. The van der Waals surface area contributed by atoms with E-state index in [1.807, 2.05) is 0 Å². The predicted molar refractivity (Wildman–Crippen MR) is 95.9 cm³/mol. The van der Waals surface area contributed by atoms with Crippen molar-refractivity contribution in [2.75, 3.05) is 0 Å². The van der Waals surface area contributed by atoms with Crippen molar-refractivity contribution in [3.8, 4) is 0 Å². The molecule has 1 atom stereocenters. The average Bonchev–Trinajstić information content (AvgIpc) is 2.63. The first-order valence-electron chi connectivity index (χ1n) is 7.72. The molecule has 0 bridgehead atoms. The van der Waals surface area contributed by atoms with Crippen molar-refractivity contribution in [1.29, 1.82) is 0 Å². The van der Waals surface area contributed by atoms with Gasteiger partial charge in [-0.15, -0.1) is 0 Å². The summed E-state index contributed by atoms with van der Waals surface area (Å²) in [5, 5.41) is 16.1. The highest BCUT2D eigenvalue weighted by Crippen LogP contribution is 2.12. The van der Waals surface area contributed by atoms with E-state index in [1.54, 1.807) is 54.6 Å². The number of rotatable bonds is 6. The van der Waals surface area contributed by atoms with Crippen LogP contribution >= 0.6 is 11.6 Å². The van der Waals surface area contributed by atoms with Gasteiger partial charge in [0.2, 0.25) is 0 Å². The Labute approximate surface area is 155 Å². The van der Waals surface area contributed by atoms with Crippen molar-refractivity contribution in [2.45, 2.75) is 13.0 Å². The molecule has 0 aliphatic rings. The van der Waals surface area contributed by atoms with Gasteiger partial charge in [0, 0.05) is 10.6 Å². The molecule has 0 aliphatic carbocycles. The van der Waals surface area contributed by atoms with E-state index in [0.29, 0.717) is 16.1 Å². The molecule has 0 saturated heterocycles. The van der Waals surface area contributed by atoms with E-state index in [9.17, 15) is 19.5 Å². The Hall–Kier alpha value is -3.12. The molecular weight excluding hydrogens is 356 g/mol. The Morgan fingerprint density at radius 1 is 1.04 bits per heavy atom. The summed E-state index contributed by atoms with van der Waals surface area (Å²) in [6.45, 7) is 1.27. The fraction of sp³-hybridized carbons (Fsp3) is 0.105. The smallest absolute Gasteiger partial charge is 0.268 e. The Kier molecular flexibility index (Phi) is 6.52. The maximum absolute atomic E-state index is 12.4. The van der Waals surface area contributed by atoms with Gasteiger partial charge in [0.25, 0.3) is 11.8 Å². The number of hydrogen-bond acceptors (Lipinski definition) is 4. The van der Waals surface area contributed by atoms with Crippen molar-refractivity contribution in [3.05, 3.63) is 76.4 Å². The van der Waals surface area contributed by atoms with Crippen LogP contribution in [0.5, 0.6) is 0 Å². The van der Waals surface area contributed by atoms with Crippen molar-refractivity contribution in [1.82, 2.24) is 10.6 Å². The summed E-state index contributed by atoms with van der Waals surface area (Å²) in [5.41, 5.74) is 0.860. The lowest BCUT2D eigenvalue weighted by atomic mass is 10.1. The lowest BCUT2D eigenvalue weighted by Crippen LogP contribution is -2.48. The minimum atomic E-state index is -1.43. The van der Waals surface area contributed by atoms with Gasteiger partial charge in [0.1, 0.15) is 5.70 Å². The van der Waals surface area contributed by atoms with Crippen molar-refractivity contribution < 1.29 is 19.5 Å². The zero-order valence-electron chi connectivity index (χ0n) is 13.9. The number of carboxylic acids is 1. The second-order valence-corrected chi connectivity index (χ2v) is 5.88. The highest BCUT2D eigenvalue weighted by Gasteiger charge is 2.16. The fourth-order valence-electron chi connectivity index (χ4n) is 2.00. The quantitative estimate of drug-likeness (QED) is 0.749. The molecule has 2 rings (SSSR count). The molecule has 0 aromatic heterocycles.